The second-order valence-electron chi connectivity index (χ2n) is 4.64. The van der Waals surface area contributed by atoms with Gasteiger partial charge in [-0.25, -0.2) is 5.32 Å². The minimum Gasteiger partial charge on any atom is -0.481 e. The molecule has 1 saturated heterocycles. The highest BCUT2D eigenvalue weighted by Gasteiger charge is 2.29. The van der Waals surface area contributed by atoms with E-state index in [4.69, 9.17) is 5.11 Å². The fourth-order valence-electron chi connectivity index (χ4n) is 2.20. The fourth-order valence-corrected chi connectivity index (χ4v) is 2.20. The second-order valence-corrected chi connectivity index (χ2v) is 4.64. The summed E-state index contributed by atoms with van der Waals surface area (Å²) in [6.07, 6.45) is 6.68. The molecule has 3 nitrogen and oxygen atoms in total. The summed E-state index contributed by atoms with van der Waals surface area (Å²) < 4.78 is 0. The van der Waals surface area contributed by atoms with E-state index in [0.29, 0.717) is 6.04 Å². The van der Waals surface area contributed by atoms with Gasteiger partial charge in [-0.15, -0.1) is 0 Å². The maximum absolute atomic E-state index is 10.8. The normalized spacial score (nSPS) is 32.9. The standard InChI is InChI=1S/C11H18NO2/c13-11(14)9-5-6-12-10(7-9)4-3-8-1-2-8/h8-10H,1-7H2,(H,13,14). The number of rotatable bonds is 4. The summed E-state index contributed by atoms with van der Waals surface area (Å²) in [4.78, 5) is 10.8. The van der Waals surface area contributed by atoms with Gasteiger partial charge in [0, 0.05) is 12.6 Å². The number of carboxylic acid groups (broad SMARTS) is 1. The number of carbonyl (C=O) groups is 1. The molecule has 1 heterocycles. The zero-order valence-electron chi connectivity index (χ0n) is 8.48. The molecule has 0 bridgehead atoms. The van der Waals surface area contributed by atoms with Crippen LogP contribution in [0.4, 0.5) is 0 Å². The Morgan fingerprint density at radius 1 is 1.29 bits per heavy atom. The summed E-state index contributed by atoms with van der Waals surface area (Å²) in [7, 11) is 0. The minimum absolute atomic E-state index is 0.128. The van der Waals surface area contributed by atoms with Gasteiger partial charge in [-0.3, -0.25) is 4.79 Å². The van der Waals surface area contributed by atoms with Crippen LogP contribution in [0.15, 0.2) is 0 Å². The molecular weight excluding hydrogens is 178 g/mol. The fraction of sp³-hybridized carbons (Fsp3) is 0.909. The van der Waals surface area contributed by atoms with Crippen LogP contribution in [0, 0.1) is 11.8 Å². The summed E-state index contributed by atoms with van der Waals surface area (Å²) in [5, 5.41) is 13.4. The van der Waals surface area contributed by atoms with Crippen LogP contribution in [-0.2, 0) is 4.79 Å². The van der Waals surface area contributed by atoms with Gasteiger partial charge in [0.25, 0.3) is 0 Å². The molecule has 0 spiro atoms. The van der Waals surface area contributed by atoms with Gasteiger partial charge in [0.15, 0.2) is 0 Å². The van der Waals surface area contributed by atoms with E-state index in [0.717, 1.165) is 31.7 Å². The number of hydrogen-bond donors (Lipinski definition) is 1. The third kappa shape index (κ3) is 2.71. The lowest BCUT2D eigenvalue weighted by Gasteiger charge is -2.26. The molecule has 14 heavy (non-hydrogen) atoms. The Hall–Kier alpha value is -0.570. The predicted molar refractivity (Wildman–Crippen MR) is 53.1 cm³/mol. The van der Waals surface area contributed by atoms with E-state index < -0.39 is 5.97 Å². The zero-order chi connectivity index (χ0) is 9.97. The van der Waals surface area contributed by atoms with E-state index in [2.05, 4.69) is 5.32 Å². The minimum atomic E-state index is -0.628. The highest BCUT2D eigenvalue weighted by Crippen LogP contribution is 2.35. The summed E-state index contributed by atoms with van der Waals surface area (Å²) >= 11 is 0. The summed E-state index contributed by atoms with van der Waals surface area (Å²) in [5.41, 5.74) is 0. The van der Waals surface area contributed by atoms with Crippen molar-refractivity contribution in [3.05, 3.63) is 0 Å². The van der Waals surface area contributed by atoms with E-state index in [1.54, 1.807) is 0 Å². The number of piperidine rings is 1. The lowest BCUT2D eigenvalue weighted by molar-refractivity contribution is -0.143. The molecular formula is C11H18NO2. The van der Waals surface area contributed by atoms with Gasteiger partial charge in [0.1, 0.15) is 0 Å². The molecule has 0 amide bonds. The molecule has 3 heteroatoms. The van der Waals surface area contributed by atoms with Crippen molar-refractivity contribution >= 4 is 5.97 Å². The molecule has 1 aliphatic heterocycles. The predicted octanol–water partition coefficient (Wildman–Crippen LogP) is 1.64. The largest absolute Gasteiger partial charge is 0.481 e. The summed E-state index contributed by atoms with van der Waals surface area (Å²) in [5.74, 6) is 0.184. The smallest absolute Gasteiger partial charge is 0.306 e. The third-order valence-electron chi connectivity index (χ3n) is 3.38. The first kappa shape index (κ1) is 9.97. The molecule has 1 N–H and O–H groups in total. The number of nitrogens with zero attached hydrogens (tertiary/aromatic N) is 1. The average Bonchev–Trinajstić information content (AvgIpc) is 2.99. The third-order valence-corrected chi connectivity index (χ3v) is 3.38. The molecule has 1 saturated carbocycles. The number of hydrogen-bond acceptors (Lipinski definition) is 1. The lowest BCUT2D eigenvalue weighted by Crippen LogP contribution is -2.35. The van der Waals surface area contributed by atoms with Crippen LogP contribution >= 0.6 is 0 Å². The highest BCUT2D eigenvalue weighted by atomic mass is 16.4. The van der Waals surface area contributed by atoms with Crippen molar-refractivity contribution in [2.24, 2.45) is 11.8 Å². The molecule has 2 fully saturated rings. The average molecular weight is 196 g/mol. The Morgan fingerprint density at radius 3 is 2.71 bits per heavy atom. The van der Waals surface area contributed by atoms with Crippen molar-refractivity contribution in [2.75, 3.05) is 6.54 Å². The number of carboxylic acids is 1. The SMILES string of the molecule is O=C(O)C1CC[N]C(CCC2CC2)C1. The van der Waals surface area contributed by atoms with Gasteiger partial charge in [0.2, 0.25) is 0 Å². The first-order valence-corrected chi connectivity index (χ1v) is 5.65. The Morgan fingerprint density at radius 2 is 2.07 bits per heavy atom. The van der Waals surface area contributed by atoms with E-state index in [1.807, 2.05) is 0 Å². The van der Waals surface area contributed by atoms with E-state index >= 15 is 0 Å². The molecule has 2 unspecified atom stereocenters. The Balaban J connectivity index is 1.72. The summed E-state index contributed by atoms with van der Waals surface area (Å²) in [6.45, 7) is 0.756. The second kappa shape index (κ2) is 4.30. The molecule has 0 aromatic heterocycles. The van der Waals surface area contributed by atoms with Gasteiger partial charge in [-0.1, -0.05) is 12.8 Å². The quantitative estimate of drug-likeness (QED) is 0.743. The van der Waals surface area contributed by atoms with Crippen molar-refractivity contribution in [3.63, 3.8) is 0 Å². The Kier molecular flexibility index (Phi) is 3.06. The number of aliphatic carboxylic acids is 1. The maximum Gasteiger partial charge on any atom is 0.306 e. The summed E-state index contributed by atoms with van der Waals surface area (Å²) in [6, 6.07) is 0.338. The van der Waals surface area contributed by atoms with Crippen LogP contribution in [0.3, 0.4) is 0 Å². The molecule has 79 valence electrons. The van der Waals surface area contributed by atoms with Gasteiger partial charge >= 0.3 is 5.97 Å². The van der Waals surface area contributed by atoms with E-state index in [-0.39, 0.29) is 5.92 Å². The Bertz CT molecular complexity index is 213. The molecule has 1 radical (unpaired) electrons. The lowest BCUT2D eigenvalue weighted by atomic mass is 9.90. The van der Waals surface area contributed by atoms with Crippen molar-refractivity contribution < 1.29 is 9.90 Å². The van der Waals surface area contributed by atoms with Crippen LogP contribution in [0.2, 0.25) is 0 Å². The Labute approximate surface area is 84.9 Å². The maximum atomic E-state index is 10.8. The van der Waals surface area contributed by atoms with E-state index in [9.17, 15) is 4.79 Å². The molecule has 0 aromatic carbocycles. The zero-order valence-corrected chi connectivity index (χ0v) is 8.48. The van der Waals surface area contributed by atoms with Crippen molar-refractivity contribution in [1.82, 2.24) is 5.32 Å². The molecule has 2 atom stereocenters. The van der Waals surface area contributed by atoms with Crippen molar-refractivity contribution in [1.29, 1.82) is 0 Å². The van der Waals surface area contributed by atoms with Crippen LogP contribution in [0.1, 0.15) is 38.5 Å². The molecule has 2 rings (SSSR count). The molecule has 2 aliphatic rings. The van der Waals surface area contributed by atoms with Crippen molar-refractivity contribution in [3.8, 4) is 0 Å². The van der Waals surface area contributed by atoms with Crippen molar-refractivity contribution in [2.45, 2.75) is 44.6 Å². The first-order chi connectivity index (χ1) is 6.75. The van der Waals surface area contributed by atoms with Gasteiger partial charge in [-0.05, 0) is 31.6 Å². The highest BCUT2D eigenvalue weighted by molar-refractivity contribution is 5.70. The molecule has 1 aliphatic carbocycles. The van der Waals surface area contributed by atoms with Gasteiger partial charge in [0.05, 0.1) is 5.92 Å². The van der Waals surface area contributed by atoms with Crippen LogP contribution < -0.4 is 5.32 Å². The van der Waals surface area contributed by atoms with Gasteiger partial charge in [-0.2, -0.15) is 0 Å². The van der Waals surface area contributed by atoms with E-state index in [1.165, 1.54) is 19.3 Å². The van der Waals surface area contributed by atoms with Crippen LogP contribution in [-0.4, -0.2) is 23.7 Å². The topological polar surface area (TPSA) is 51.4 Å². The van der Waals surface area contributed by atoms with Crippen LogP contribution in [0.5, 0.6) is 0 Å². The van der Waals surface area contributed by atoms with Crippen LogP contribution in [0.25, 0.3) is 0 Å². The molecule has 0 aromatic rings. The van der Waals surface area contributed by atoms with Gasteiger partial charge < -0.3 is 5.11 Å². The monoisotopic (exact) mass is 196 g/mol. The first-order valence-electron chi connectivity index (χ1n) is 5.65.